The number of hydrogen-bond acceptors (Lipinski definition) is 6. The number of nitrogens with zero attached hydrogens (tertiary/aromatic N) is 1. The van der Waals surface area contributed by atoms with E-state index in [1.165, 1.54) is 42.5 Å². The molecule has 0 aliphatic carbocycles. The summed E-state index contributed by atoms with van der Waals surface area (Å²) >= 11 is 12.1. The van der Waals surface area contributed by atoms with E-state index < -0.39 is 30.4 Å². The van der Waals surface area contributed by atoms with E-state index in [9.17, 15) is 19.2 Å². The molecule has 3 N–H and O–H groups in total. The van der Waals surface area contributed by atoms with Crippen molar-refractivity contribution in [1.29, 1.82) is 0 Å². The SMILES string of the molecule is CCOc1cc(/C=C2\C(=O)NC(=O)N(c3ccc(Cl)cc3)C2=O)cc(Cl)c1OCC(N)=O. The second-order valence-electron chi connectivity index (χ2n) is 6.45. The zero-order chi connectivity index (χ0) is 23.4. The highest BCUT2D eigenvalue weighted by Crippen LogP contribution is 2.37. The van der Waals surface area contributed by atoms with Gasteiger partial charge in [0.05, 0.1) is 17.3 Å². The van der Waals surface area contributed by atoms with Crippen LogP contribution in [0.15, 0.2) is 42.0 Å². The minimum atomic E-state index is -0.886. The fourth-order valence-corrected chi connectivity index (χ4v) is 3.27. The number of primary amides is 1. The monoisotopic (exact) mass is 477 g/mol. The Labute approximate surface area is 192 Å². The third kappa shape index (κ3) is 5.01. The van der Waals surface area contributed by atoms with Gasteiger partial charge in [-0.25, -0.2) is 9.69 Å². The number of carbonyl (C=O) groups is 4. The molecule has 1 saturated heterocycles. The Kier molecular flexibility index (Phi) is 7.01. The van der Waals surface area contributed by atoms with E-state index in [0.29, 0.717) is 10.6 Å². The number of benzene rings is 2. The minimum Gasteiger partial charge on any atom is -0.490 e. The number of rotatable bonds is 7. The van der Waals surface area contributed by atoms with Crippen LogP contribution in [0.4, 0.5) is 10.5 Å². The summed E-state index contributed by atoms with van der Waals surface area (Å²) in [5.74, 6) is -2.13. The molecular weight excluding hydrogens is 461 g/mol. The van der Waals surface area contributed by atoms with Crippen molar-refractivity contribution in [3.63, 3.8) is 0 Å². The summed E-state index contributed by atoms with van der Waals surface area (Å²) < 4.78 is 10.8. The zero-order valence-electron chi connectivity index (χ0n) is 16.7. The van der Waals surface area contributed by atoms with E-state index in [2.05, 4.69) is 5.32 Å². The molecule has 0 bridgehead atoms. The molecule has 0 saturated carbocycles. The average Bonchev–Trinajstić information content (AvgIpc) is 2.72. The Bertz CT molecular complexity index is 1130. The summed E-state index contributed by atoms with van der Waals surface area (Å²) in [6.07, 6.45) is 1.26. The van der Waals surface area contributed by atoms with Gasteiger partial charge >= 0.3 is 6.03 Å². The summed E-state index contributed by atoms with van der Waals surface area (Å²) in [4.78, 5) is 49.5. The molecule has 0 unspecified atom stereocenters. The molecule has 1 fully saturated rings. The van der Waals surface area contributed by atoms with Gasteiger partial charge in [-0.2, -0.15) is 0 Å². The first kappa shape index (κ1) is 23.1. The maximum atomic E-state index is 13.0. The Morgan fingerprint density at radius 3 is 2.44 bits per heavy atom. The molecule has 1 heterocycles. The Hall–Kier alpha value is -3.56. The number of urea groups is 1. The summed E-state index contributed by atoms with van der Waals surface area (Å²) in [5.41, 5.74) is 5.36. The number of anilines is 1. The molecule has 5 amide bonds. The molecule has 1 aliphatic heterocycles. The molecule has 0 radical (unpaired) electrons. The van der Waals surface area contributed by atoms with Crippen LogP contribution >= 0.6 is 23.2 Å². The van der Waals surface area contributed by atoms with Crippen molar-refractivity contribution in [3.05, 3.63) is 57.6 Å². The van der Waals surface area contributed by atoms with Crippen LogP contribution < -0.4 is 25.4 Å². The number of carbonyl (C=O) groups excluding carboxylic acids is 4. The molecule has 9 nitrogen and oxygen atoms in total. The van der Waals surface area contributed by atoms with Gasteiger partial charge in [-0.3, -0.25) is 19.7 Å². The van der Waals surface area contributed by atoms with Crippen molar-refractivity contribution in [2.45, 2.75) is 6.92 Å². The number of ether oxygens (including phenoxy) is 2. The van der Waals surface area contributed by atoms with Crippen molar-refractivity contribution in [1.82, 2.24) is 5.32 Å². The van der Waals surface area contributed by atoms with Gasteiger partial charge in [0.25, 0.3) is 17.7 Å². The van der Waals surface area contributed by atoms with Gasteiger partial charge in [0, 0.05) is 5.02 Å². The number of amides is 5. The number of halogens is 2. The smallest absolute Gasteiger partial charge is 0.335 e. The lowest BCUT2D eigenvalue weighted by molar-refractivity contribution is -0.123. The Balaban J connectivity index is 2.00. The average molecular weight is 478 g/mol. The molecule has 166 valence electrons. The number of hydrogen-bond donors (Lipinski definition) is 2. The molecule has 0 atom stereocenters. The van der Waals surface area contributed by atoms with Crippen molar-refractivity contribution in [2.75, 3.05) is 18.1 Å². The molecule has 2 aromatic rings. The fourth-order valence-electron chi connectivity index (χ4n) is 2.87. The lowest BCUT2D eigenvalue weighted by Gasteiger charge is -2.26. The predicted octanol–water partition coefficient (Wildman–Crippen LogP) is 2.92. The number of nitrogens with two attached hydrogens (primary N) is 1. The normalized spacial score (nSPS) is 15.0. The lowest BCUT2D eigenvalue weighted by atomic mass is 10.1. The third-order valence-electron chi connectivity index (χ3n) is 4.19. The van der Waals surface area contributed by atoms with E-state index in [0.717, 1.165) is 4.90 Å². The van der Waals surface area contributed by atoms with Crippen molar-refractivity contribution < 1.29 is 28.7 Å². The highest BCUT2D eigenvalue weighted by atomic mass is 35.5. The lowest BCUT2D eigenvalue weighted by Crippen LogP contribution is -2.54. The molecule has 0 aromatic heterocycles. The van der Waals surface area contributed by atoms with Crippen molar-refractivity contribution in [3.8, 4) is 11.5 Å². The van der Waals surface area contributed by atoms with Crippen molar-refractivity contribution >= 4 is 58.7 Å². The second kappa shape index (κ2) is 9.71. The van der Waals surface area contributed by atoms with Crippen molar-refractivity contribution in [2.24, 2.45) is 5.73 Å². The zero-order valence-corrected chi connectivity index (χ0v) is 18.2. The van der Waals surface area contributed by atoms with Gasteiger partial charge < -0.3 is 15.2 Å². The van der Waals surface area contributed by atoms with E-state index in [4.69, 9.17) is 38.4 Å². The second-order valence-corrected chi connectivity index (χ2v) is 7.30. The summed E-state index contributed by atoms with van der Waals surface area (Å²) in [7, 11) is 0. The van der Waals surface area contributed by atoms with Crippen LogP contribution in [-0.4, -0.2) is 37.0 Å². The number of barbiturate groups is 1. The van der Waals surface area contributed by atoms with Crippen LogP contribution in [-0.2, 0) is 14.4 Å². The van der Waals surface area contributed by atoms with Gasteiger partial charge in [0.1, 0.15) is 5.57 Å². The standard InChI is InChI=1S/C21H17Cl2N3O6/c1-2-31-16-9-11(8-15(23)18(16)32-10-17(24)27)7-14-19(28)25-21(30)26(20(14)29)13-5-3-12(22)4-6-13/h3-9H,2,10H2,1H3,(H2,24,27)(H,25,28,30)/b14-7+. The first-order chi connectivity index (χ1) is 15.2. The quantitative estimate of drug-likeness (QED) is 0.465. The molecule has 0 spiro atoms. The molecule has 11 heteroatoms. The van der Waals surface area contributed by atoms with Gasteiger partial charge in [-0.05, 0) is 55.0 Å². The highest BCUT2D eigenvalue weighted by Gasteiger charge is 2.36. The van der Waals surface area contributed by atoms with Crippen LogP contribution in [0.1, 0.15) is 12.5 Å². The highest BCUT2D eigenvalue weighted by molar-refractivity contribution is 6.39. The molecule has 3 rings (SSSR count). The summed E-state index contributed by atoms with van der Waals surface area (Å²) in [5, 5.41) is 2.61. The summed E-state index contributed by atoms with van der Waals surface area (Å²) in [6.45, 7) is 1.56. The van der Waals surface area contributed by atoms with Gasteiger partial charge in [-0.15, -0.1) is 0 Å². The first-order valence-corrected chi connectivity index (χ1v) is 10.0. The molecule has 32 heavy (non-hydrogen) atoms. The van der Waals surface area contributed by atoms with Gasteiger partial charge in [0.15, 0.2) is 18.1 Å². The molecular formula is C21H17Cl2N3O6. The maximum absolute atomic E-state index is 13.0. The van der Waals surface area contributed by atoms with Crippen LogP contribution in [0.3, 0.4) is 0 Å². The third-order valence-corrected chi connectivity index (χ3v) is 4.72. The summed E-state index contributed by atoms with van der Waals surface area (Å²) in [6, 6.07) is 7.97. The Morgan fingerprint density at radius 1 is 1.12 bits per heavy atom. The predicted molar refractivity (Wildman–Crippen MR) is 118 cm³/mol. The molecule has 2 aromatic carbocycles. The van der Waals surface area contributed by atoms with E-state index in [-0.39, 0.29) is 34.4 Å². The first-order valence-electron chi connectivity index (χ1n) is 9.25. The van der Waals surface area contributed by atoms with Crippen LogP contribution in [0, 0.1) is 0 Å². The van der Waals surface area contributed by atoms with Gasteiger partial charge in [-0.1, -0.05) is 23.2 Å². The van der Waals surface area contributed by atoms with E-state index >= 15 is 0 Å². The van der Waals surface area contributed by atoms with Crippen LogP contribution in [0.2, 0.25) is 10.0 Å². The van der Waals surface area contributed by atoms with Crippen LogP contribution in [0.5, 0.6) is 11.5 Å². The van der Waals surface area contributed by atoms with E-state index in [1.54, 1.807) is 6.92 Å². The Morgan fingerprint density at radius 2 is 1.81 bits per heavy atom. The van der Waals surface area contributed by atoms with Crippen LogP contribution in [0.25, 0.3) is 6.08 Å². The van der Waals surface area contributed by atoms with Gasteiger partial charge in [0.2, 0.25) is 0 Å². The number of imide groups is 2. The maximum Gasteiger partial charge on any atom is 0.335 e. The topological polar surface area (TPSA) is 128 Å². The minimum absolute atomic E-state index is 0.0679. The molecule has 1 aliphatic rings. The fraction of sp³-hybridized carbons (Fsp3) is 0.143. The number of nitrogens with one attached hydrogen (secondary N) is 1. The largest absolute Gasteiger partial charge is 0.490 e. The van der Waals surface area contributed by atoms with E-state index in [1.807, 2.05) is 0 Å².